The van der Waals surface area contributed by atoms with Crippen molar-refractivity contribution in [2.75, 3.05) is 5.32 Å². The SMILES string of the molecule is O=C(N/N=C/c1ccc([N+](=O)[O-])s1)c1ccc(NC(=O)c2ccc(F)cc2)cc1. The summed E-state index contributed by atoms with van der Waals surface area (Å²) in [5.41, 5.74) is 3.39. The number of carbonyl (C=O) groups excluding carboxylic acids is 2. The van der Waals surface area contributed by atoms with E-state index in [0.717, 1.165) is 11.3 Å². The van der Waals surface area contributed by atoms with Crippen molar-refractivity contribution in [2.24, 2.45) is 5.10 Å². The third-order valence-corrected chi connectivity index (χ3v) is 4.63. The van der Waals surface area contributed by atoms with Gasteiger partial charge in [0.15, 0.2) is 0 Å². The summed E-state index contributed by atoms with van der Waals surface area (Å²) in [5, 5.41) is 17.0. The number of carbonyl (C=O) groups is 2. The molecule has 0 saturated carbocycles. The molecule has 146 valence electrons. The van der Waals surface area contributed by atoms with Crippen LogP contribution in [0.2, 0.25) is 0 Å². The number of benzene rings is 2. The van der Waals surface area contributed by atoms with Gasteiger partial charge < -0.3 is 5.32 Å². The molecule has 2 amide bonds. The summed E-state index contributed by atoms with van der Waals surface area (Å²) in [6.07, 6.45) is 1.31. The van der Waals surface area contributed by atoms with E-state index in [-0.39, 0.29) is 5.00 Å². The van der Waals surface area contributed by atoms with Crippen LogP contribution in [-0.4, -0.2) is 23.0 Å². The number of anilines is 1. The standard InChI is InChI=1S/C19H13FN4O4S/c20-14-5-1-12(2-6-14)18(25)22-15-7-3-13(4-8-15)19(26)23-21-11-16-9-10-17(29-16)24(27)28/h1-11H,(H,22,25)(H,23,26)/b21-11+. The van der Waals surface area contributed by atoms with Crippen LogP contribution in [0.4, 0.5) is 15.1 Å². The average Bonchev–Trinajstić information content (AvgIpc) is 3.18. The summed E-state index contributed by atoms with van der Waals surface area (Å²) < 4.78 is 12.9. The van der Waals surface area contributed by atoms with Crippen molar-refractivity contribution in [3.63, 3.8) is 0 Å². The molecule has 0 aliphatic heterocycles. The van der Waals surface area contributed by atoms with Crippen LogP contribution in [0.3, 0.4) is 0 Å². The lowest BCUT2D eigenvalue weighted by molar-refractivity contribution is -0.380. The van der Waals surface area contributed by atoms with Gasteiger partial charge in [-0.1, -0.05) is 11.3 Å². The number of nitro groups is 1. The molecule has 2 N–H and O–H groups in total. The van der Waals surface area contributed by atoms with Gasteiger partial charge in [-0.3, -0.25) is 19.7 Å². The number of nitrogens with zero attached hydrogens (tertiary/aromatic N) is 2. The van der Waals surface area contributed by atoms with Crippen LogP contribution in [0.15, 0.2) is 65.8 Å². The zero-order valence-electron chi connectivity index (χ0n) is 14.7. The number of hydrogen-bond acceptors (Lipinski definition) is 6. The first kappa shape index (κ1) is 19.8. The van der Waals surface area contributed by atoms with Crippen molar-refractivity contribution in [2.45, 2.75) is 0 Å². The first-order valence-corrected chi connectivity index (χ1v) is 8.98. The molecule has 0 aliphatic carbocycles. The van der Waals surface area contributed by atoms with Crippen LogP contribution < -0.4 is 10.7 Å². The molecular formula is C19H13FN4O4S. The van der Waals surface area contributed by atoms with Gasteiger partial charge >= 0.3 is 5.00 Å². The molecule has 3 rings (SSSR count). The van der Waals surface area contributed by atoms with Gasteiger partial charge in [-0.15, -0.1) is 0 Å². The molecule has 0 unspecified atom stereocenters. The summed E-state index contributed by atoms with van der Waals surface area (Å²) in [7, 11) is 0. The van der Waals surface area contributed by atoms with Crippen LogP contribution in [-0.2, 0) is 0 Å². The molecular weight excluding hydrogens is 399 g/mol. The number of hydrazone groups is 1. The lowest BCUT2D eigenvalue weighted by Crippen LogP contribution is -2.17. The fraction of sp³-hybridized carbons (Fsp3) is 0. The Bertz CT molecular complexity index is 1080. The lowest BCUT2D eigenvalue weighted by atomic mass is 10.1. The molecule has 2 aromatic carbocycles. The van der Waals surface area contributed by atoms with Gasteiger partial charge in [-0.05, 0) is 54.6 Å². The Balaban J connectivity index is 1.56. The molecule has 0 atom stereocenters. The van der Waals surface area contributed by atoms with Gasteiger partial charge in [-0.2, -0.15) is 5.10 Å². The Hall–Kier alpha value is -3.92. The lowest BCUT2D eigenvalue weighted by Gasteiger charge is -2.06. The van der Waals surface area contributed by atoms with Crippen molar-refractivity contribution in [1.82, 2.24) is 5.43 Å². The van der Waals surface area contributed by atoms with E-state index in [1.165, 1.54) is 54.7 Å². The van der Waals surface area contributed by atoms with Gasteiger partial charge in [0.1, 0.15) is 5.82 Å². The molecule has 1 aromatic heterocycles. The number of amides is 2. The Kier molecular flexibility index (Phi) is 6.05. The molecule has 0 saturated heterocycles. The molecule has 1 heterocycles. The highest BCUT2D eigenvalue weighted by Crippen LogP contribution is 2.22. The van der Waals surface area contributed by atoms with E-state index in [9.17, 15) is 24.1 Å². The average molecular weight is 412 g/mol. The molecule has 3 aromatic rings. The Morgan fingerprint density at radius 3 is 2.21 bits per heavy atom. The first-order chi connectivity index (χ1) is 13.9. The predicted molar refractivity (Wildman–Crippen MR) is 107 cm³/mol. The van der Waals surface area contributed by atoms with E-state index in [1.807, 2.05) is 0 Å². The summed E-state index contributed by atoms with van der Waals surface area (Å²) in [6.45, 7) is 0. The normalized spacial score (nSPS) is 10.7. The van der Waals surface area contributed by atoms with Crippen molar-refractivity contribution >= 4 is 40.1 Å². The Labute approximate surface area is 167 Å². The summed E-state index contributed by atoms with van der Waals surface area (Å²) in [4.78, 5) is 34.8. The minimum atomic E-state index is -0.503. The minimum absolute atomic E-state index is 0.0175. The zero-order chi connectivity index (χ0) is 20.8. The molecule has 0 radical (unpaired) electrons. The Morgan fingerprint density at radius 1 is 0.966 bits per heavy atom. The largest absolute Gasteiger partial charge is 0.324 e. The molecule has 29 heavy (non-hydrogen) atoms. The smallest absolute Gasteiger partial charge is 0.322 e. The summed E-state index contributed by atoms with van der Waals surface area (Å²) >= 11 is 0.934. The number of nitrogens with one attached hydrogen (secondary N) is 2. The zero-order valence-corrected chi connectivity index (χ0v) is 15.5. The van der Waals surface area contributed by atoms with Gasteiger partial charge in [0.25, 0.3) is 11.8 Å². The second kappa shape index (κ2) is 8.85. The third kappa shape index (κ3) is 5.30. The van der Waals surface area contributed by atoms with Crippen LogP contribution in [0.5, 0.6) is 0 Å². The maximum Gasteiger partial charge on any atom is 0.324 e. The molecule has 10 heteroatoms. The highest BCUT2D eigenvalue weighted by Gasteiger charge is 2.09. The van der Waals surface area contributed by atoms with Crippen molar-refractivity contribution in [3.8, 4) is 0 Å². The number of halogens is 1. The highest BCUT2D eigenvalue weighted by molar-refractivity contribution is 7.16. The van der Waals surface area contributed by atoms with Crippen molar-refractivity contribution in [3.05, 3.63) is 92.6 Å². The predicted octanol–water partition coefficient (Wildman–Crippen LogP) is 3.81. The van der Waals surface area contributed by atoms with E-state index >= 15 is 0 Å². The van der Waals surface area contributed by atoms with Gasteiger partial charge in [0.05, 0.1) is 16.0 Å². The Morgan fingerprint density at radius 2 is 1.59 bits per heavy atom. The van der Waals surface area contributed by atoms with Gasteiger partial charge in [-0.25, -0.2) is 9.82 Å². The molecule has 8 nitrogen and oxygen atoms in total. The topological polar surface area (TPSA) is 114 Å². The van der Waals surface area contributed by atoms with E-state index in [4.69, 9.17) is 0 Å². The van der Waals surface area contributed by atoms with Crippen molar-refractivity contribution < 1.29 is 18.9 Å². The van der Waals surface area contributed by atoms with Crippen LogP contribution in [0.1, 0.15) is 25.6 Å². The fourth-order valence-corrected chi connectivity index (χ4v) is 2.93. The van der Waals surface area contributed by atoms with E-state index in [2.05, 4.69) is 15.8 Å². The number of hydrogen-bond donors (Lipinski definition) is 2. The van der Waals surface area contributed by atoms with E-state index < -0.39 is 22.6 Å². The molecule has 0 spiro atoms. The van der Waals surface area contributed by atoms with Crippen LogP contribution in [0.25, 0.3) is 0 Å². The fourth-order valence-electron chi connectivity index (χ4n) is 2.24. The third-order valence-electron chi connectivity index (χ3n) is 3.66. The van der Waals surface area contributed by atoms with Gasteiger partial charge in [0, 0.05) is 22.9 Å². The summed E-state index contributed by atoms with van der Waals surface area (Å²) in [6, 6.07) is 14.1. The number of rotatable bonds is 6. The monoisotopic (exact) mass is 412 g/mol. The summed E-state index contributed by atoms with van der Waals surface area (Å²) in [5.74, 6) is -1.32. The van der Waals surface area contributed by atoms with E-state index in [0.29, 0.717) is 21.7 Å². The maximum atomic E-state index is 12.9. The van der Waals surface area contributed by atoms with E-state index in [1.54, 1.807) is 12.1 Å². The van der Waals surface area contributed by atoms with Crippen LogP contribution >= 0.6 is 11.3 Å². The molecule has 0 bridgehead atoms. The quantitative estimate of drug-likeness (QED) is 0.364. The van der Waals surface area contributed by atoms with Crippen molar-refractivity contribution in [1.29, 1.82) is 0 Å². The molecule has 0 fully saturated rings. The highest BCUT2D eigenvalue weighted by atomic mass is 32.1. The number of thiophene rings is 1. The maximum absolute atomic E-state index is 12.9. The minimum Gasteiger partial charge on any atom is -0.322 e. The second-order valence-electron chi connectivity index (χ2n) is 5.67. The van der Waals surface area contributed by atoms with Crippen LogP contribution in [0, 0.1) is 15.9 Å². The molecule has 0 aliphatic rings. The first-order valence-electron chi connectivity index (χ1n) is 8.17. The second-order valence-corrected chi connectivity index (χ2v) is 6.76. The van der Waals surface area contributed by atoms with Gasteiger partial charge in [0.2, 0.25) is 0 Å².